The largest absolute Gasteiger partial charge is 0.379 e. The highest BCUT2D eigenvalue weighted by Crippen LogP contribution is 2.38. The fraction of sp³-hybridized carbons (Fsp3) is 0.407. The maximum atomic E-state index is 15.1. The third-order valence-electron chi connectivity index (χ3n) is 6.91. The Bertz CT molecular complexity index is 1320. The van der Waals surface area contributed by atoms with Crippen molar-refractivity contribution in [2.45, 2.75) is 61.9 Å². The molecule has 2 N–H and O–H groups in total. The molecule has 1 unspecified atom stereocenters. The lowest BCUT2D eigenvalue weighted by molar-refractivity contribution is 0.196. The standard InChI is InChI=1S/C27H33ClFN5O2S/c1-4-6-18-7-5-8-19(13-18)20-9-10-23(25(14-20)34(2)3)32-24-16-22(29)26(15-21(24)28)37(35,36)33-27-11-12-30-17-31-27/h5,7-8,11-13,15-17,20,23,25,32H,4,6,9-10,14H2,1-3H3,(H,30,31,33)/t20-,23?,25-/m0/s1. The predicted molar refractivity (Wildman–Crippen MR) is 146 cm³/mol. The summed E-state index contributed by atoms with van der Waals surface area (Å²) >= 11 is 6.47. The van der Waals surface area contributed by atoms with E-state index in [0.717, 1.165) is 44.2 Å². The molecule has 0 amide bonds. The quantitative estimate of drug-likeness (QED) is 0.358. The SMILES string of the molecule is CCCc1cccc([C@H]2CCC(Nc3cc(F)c(S(=O)(=O)Nc4ccncn4)cc3Cl)[C@@H](N(C)C)C2)c1. The van der Waals surface area contributed by atoms with E-state index < -0.39 is 20.7 Å². The van der Waals surface area contributed by atoms with Crippen molar-refractivity contribution in [2.75, 3.05) is 24.1 Å². The highest BCUT2D eigenvalue weighted by molar-refractivity contribution is 7.92. The molecule has 198 valence electrons. The molecule has 2 aromatic carbocycles. The summed E-state index contributed by atoms with van der Waals surface area (Å²) in [5.41, 5.74) is 3.11. The third kappa shape index (κ3) is 6.58. The first kappa shape index (κ1) is 27.3. The molecular weight excluding hydrogens is 513 g/mol. The van der Waals surface area contributed by atoms with Crippen LogP contribution in [0, 0.1) is 5.82 Å². The molecule has 1 aliphatic carbocycles. The Morgan fingerprint density at radius 1 is 1.16 bits per heavy atom. The Labute approximate surface area is 223 Å². The van der Waals surface area contributed by atoms with Crippen molar-refractivity contribution >= 4 is 33.1 Å². The van der Waals surface area contributed by atoms with E-state index in [1.165, 1.54) is 29.7 Å². The van der Waals surface area contributed by atoms with Gasteiger partial charge in [-0.3, -0.25) is 4.72 Å². The topological polar surface area (TPSA) is 87.2 Å². The Kier molecular flexibility index (Phi) is 8.67. The summed E-state index contributed by atoms with van der Waals surface area (Å²) in [6.07, 6.45) is 7.60. The van der Waals surface area contributed by atoms with Gasteiger partial charge in [0.15, 0.2) is 0 Å². The Morgan fingerprint density at radius 3 is 2.68 bits per heavy atom. The van der Waals surface area contributed by atoms with Crippen molar-refractivity contribution < 1.29 is 12.8 Å². The van der Waals surface area contributed by atoms with Gasteiger partial charge in [0.2, 0.25) is 0 Å². The first-order valence-electron chi connectivity index (χ1n) is 12.5. The summed E-state index contributed by atoms with van der Waals surface area (Å²) in [6, 6.07) is 12.8. The number of benzene rings is 2. The van der Waals surface area contributed by atoms with Crippen LogP contribution in [0.1, 0.15) is 49.7 Å². The van der Waals surface area contributed by atoms with Crippen LogP contribution in [0.2, 0.25) is 5.02 Å². The summed E-state index contributed by atoms with van der Waals surface area (Å²) in [5.74, 6) is -0.412. The minimum absolute atomic E-state index is 0.0311. The van der Waals surface area contributed by atoms with Gasteiger partial charge in [0, 0.05) is 18.3 Å². The second-order valence-corrected chi connectivity index (χ2v) is 11.8. The molecule has 1 heterocycles. The smallest absolute Gasteiger partial charge is 0.266 e. The van der Waals surface area contributed by atoms with E-state index in [9.17, 15) is 8.42 Å². The number of hydrogen-bond donors (Lipinski definition) is 2. The zero-order valence-corrected chi connectivity index (χ0v) is 22.9. The van der Waals surface area contributed by atoms with Gasteiger partial charge in [0.05, 0.1) is 10.7 Å². The maximum absolute atomic E-state index is 15.1. The summed E-state index contributed by atoms with van der Waals surface area (Å²) in [6.45, 7) is 2.19. The van der Waals surface area contributed by atoms with Gasteiger partial charge in [-0.25, -0.2) is 22.8 Å². The number of aromatic nitrogens is 2. The second-order valence-electron chi connectivity index (χ2n) is 9.75. The Hall–Kier alpha value is -2.75. The van der Waals surface area contributed by atoms with Gasteiger partial charge in [-0.1, -0.05) is 49.2 Å². The second kappa shape index (κ2) is 11.8. The van der Waals surface area contributed by atoms with Gasteiger partial charge in [-0.15, -0.1) is 0 Å². The number of likely N-dealkylation sites (N-methyl/N-ethyl adjacent to an activating group) is 1. The monoisotopic (exact) mass is 545 g/mol. The molecule has 0 aliphatic heterocycles. The van der Waals surface area contributed by atoms with E-state index >= 15 is 4.39 Å². The molecule has 1 aliphatic rings. The van der Waals surface area contributed by atoms with Crippen molar-refractivity contribution in [3.8, 4) is 0 Å². The fourth-order valence-electron chi connectivity index (χ4n) is 5.07. The van der Waals surface area contributed by atoms with Crippen molar-refractivity contribution in [1.82, 2.24) is 14.9 Å². The molecule has 3 aromatic rings. The van der Waals surface area contributed by atoms with E-state index in [1.807, 2.05) is 14.1 Å². The Balaban J connectivity index is 1.51. The minimum atomic E-state index is -4.22. The average molecular weight is 546 g/mol. The minimum Gasteiger partial charge on any atom is -0.379 e. The lowest BCUT2D eigenvalue weighted by Gasteiger charge is -2.41. The number of halogens is 2. The van der Waals surface area contributed by atoms with Gasteiger partial charge in [-0.05, 0) is 75.0 Å². The zero-order chi connectivity index (χ0) is 26.6. The van der Waals surface area contributed by atoms with Gasteiger partial charge in [0.25, 0.3) is 10.0 Å². The van der Waals surface area contributed by atoms with Crippen molar-refractivity contribution in [1.29, 1.82) is 0 Å². The summed E-state index contributed by atoms with van der Waals surface area (Å²) in [4.78, 5) is 9.22. The number of aryl methyl sites for hydroxylation is 1. The van der Waals surface area contributed by atoms with Crippen LogP contribution < -0.4 is 10.0 Å². The zero-order valence-electron chi connectivity index (χ0n) is 21.3. The third-order valence-corrected chi connectivity index (χ3v) is 8.60. The molecule has 37 heavy (non-hydrogen) atoms. The molecule has 0 spiro atoms. The highest BCUT2D eigenvalue weighted by atomic mass is 35.5. The molecule has 0 radical (unpaired) electrons. The number of nitrogens with one attached hydrogen (secondary N) is 2. The molecular formula is C27H33ClFN5O2S. The van der Waals surface area contributed by atoms with E-state index in [-0.39, 0.29) is 22.9 Å². The van der Waals surface area contributed by atoms with E-state index in [0.29, 0.717) is 11.6 Å². The van der Waals surface area contributed by atoms with Crippen LogP contribution in [0.15, 0.2) is 59.9 Å². The van der Waals surface area contributed by atoms with Crippen LogP contribution >= 0.6 is 11.6 Å². The molecule has 0 bridgehead atoms. The number of anilines is 2. The molecule has 4 rings (SSSR count). The van der Waals surface area contributed by atoms with E-state index in [2.05, 4.69) is 56.1 Å². The normalized spacial score (nSPS) is 20.1. The predicted octanol–water partition coefficient (Wildman–Crippen LogP) is 5.70. The fourth-order valence-corrected chi connectivity index (χ4v) is 6.45. The highest BCUT2D eigenvalue weighted by Gasteiger charge is 2.33. The summed E-state index contributed by atoms with van der Waals surface area (Å²) in [5, 5.41) is 3.54. The lowest BCUT2D eigenvalue weighted by atomic mass is 9.77. The van der Waals surface area contributed by atoms with E-state index in [4.69, 9.17) is 11.6 Å². The van der Waals surface area contributed by atoms with Crippen molar-refractivity contribution in [2.24, 2.45) is 0 Å². The molecule has 7 nitrogen and oxygen atoms in total. The lowest BCUT2D eigenvalue weighted by Crippen LogP contribution is -2.47. The molecule has 10 heteroatoms. The first-order chi connectivity index (χ1) is 17.7. The van der Waals surface area contributed by atoms with Crippen LogP contribution in [0.3, 0.4) is 0 Å². The summed E-state index contributed by atoms with van der Waals surface area (Å²) in [7, 11) is -0.127. The van der Waals surface area contributed by atoms with Gasteiger partial charge in [-0.2, -0.15) is 0 Å². The molecule has 1 fully saturated rings. The molecule has 3 atom stereocenters. The van der Waals surface area contributed by atoms with Crippen LogP contribution in [-0.4, -0.2) is 49.5 Å². The number of sulfonamides is 1. The van der Waals surface area contributed by atoms with Gasteiger partial charge >= 0.3 is 0 Å². The molecule has 1 saturated carbocycles. The molecule has 0 saturated heterocycles. The number of nitrogens with zero attached hydrogens (tertiary/aromatic N) is 3. The average Bonchev–Trinajstić information content (AvgIpc) is 2.86. The van der Waals surface area contributed by atoms with E-state index in [1.54, 1.807) is 0 Å². The van der Waals surface area contributed by atoms with Crippen LogP contribution in [0.4, 0.5) is 15.9 Å². The number of hydrogen-bond acceptors (Lipinski definition) is 6. The van der Waals surface area contributed by atoms with Crippen molar-refractivity contribution in [3.63, 3.8) is 0 Å². The maximum Gasteiger partial charge on any atom is 0.266 e. The van der Waals surface area contributed by atoms with Gasteiger partial charge < -0.3 is 10.2 Å². The van der Waals surface area contributed by atoms with Crippen LogP contribution in [-0.2, 0) is 16.4 Å². The van der Waals surface area contributed by atoms with Crippen LogP contribution in [0.5, 0.6) is 0 Å². The van der Waals surface area contributed by atoms with Gasteiger partial charge in [0.1, 0.15) is 22.9 Å². The van der Waals surface area contributed by atoms with Crippen molar-refractivity contribution in [3.05, 3.63) is 77.0 Å². The molecule has 1 aromatic heterocycles. The van der Waals surface area contributed by atoms with Crippen LogP contribution in [0.25, 0.3) is 0 Å². The first-order valence-corrected chi connectivity index (χ1v) is 14.3. The summed E-state index contributed by atoms with van der Waals surface area (Å²) < 4.78 is 42.8. The number of rotatable bonds is 9. The Morgan fingerprint density at radius 2 is 1.97 bits per heavy atom.